The molecule has 1 N–H and O–H groups in total. The van der Waals surface area contributed by atoms with E-state index >= 15 is 0 Å². The van der Waals surface area contributed by atoms with Crippen molar-refractivity contribution >= 4 is 11.8 Å². The predicted molar refractivity (Wildman–Crippen MR) is 93.3 cm³/mol. The summed E-state index contributed by atoms with van der Waals surface area (Å²) in [5.41, 5.74) is 0.943. The van der Waals surface area contributed by atoms with E-state index in [1.165, 1.54) is 0 Å². The number of oxazole rings is 1. The van der Waals surface area contributed by atoms with Crippen molar-refractivity contribution in [1.82, 2.24) is 15.2 Å². The van der Waals surface area contributed by atoms with Gasteiger partial charge in [-0.1, -0.05) is 44.2 Å². The summed E-state index contributed by atoms with van der Waals surface area (Å²) >= 11 is 0. The van der Waals surface area contributed by atoms with Crippen LogP contribution in [-0.2, 0) is 16.1 Å². The van der Waals surface area contributed by atoms with Crippen molar-refractivity contribution in [3.05, 3.63) is 42.4 Å². The molecule has 1 atom stereocenters. The molecular formula is C19H23N3O3. The number of nitrogens with one attached hydrogen (secondary N) is 1. The fourth-order valence-corrected chi connectivity index (χ4v) is 3.00. The number of benzene rings is 1. The van der Waals surface area contributed by atoms with Gasteiger partial charge < -0.3 is 14.6 Å². The highest BCUT2D eigenvalue weighted by molar-refractivity contribution is 5.89. The van der Waals surface area contributed by atoms with E-state index in [4.69, 9.17) is 4.42 Å². The molecule has 0 radical (unpaired) electrons. The summed E-state index contributed by atoms with van der Waals surface area (Å²) in [5.74, 6) is 1.15. The number of carbonyl (C=O) groups is 2. The average molecular weight is 341 g/mol. The van der Waals surface area contributed by atoms with Crippen molar-refractivity contribution in [3.8, 4) is 11.3 Å². The van der Waals surface area contributed by atoms with Crippen LogP contribution in [0.2, 0.25) is 0 Å². The van der Waals surface area contributed by atoms with Crippen LogP contribution in [-0.4, -0.2) is 34.8 Å². The van der Waals surface area contributed by atoms with Gasteiger partial charge in [-0.2, -0.15) is 0 Å². The van der Waals surface area contributed by atoms with E-state index in [0.717, 1.165) is 5.56 Å². The zero-order chi connectivity index (χ0) is 17.8. The molecule has 1 aliphatic heterocycles. The Morgan fingerprint density at radius 3 is 2.84 bits per heavy atom. The zero-order valence-corrected chi connectivity index (χ0v) is 14.6. The number of rotatable bonds is 6. The van der Waals surface area contributed by atoms with Gasteiger partial charge in [-0.05, 0) is 5.92 Å². The smallest absolute Gasteiger partial charge is 0.225 e. The summed E-state index contributed by atoms with van der Waals surface area (Å²) < 4.78 is 5.67. The van der Waals surface area contributed by atoms with Crippen LogP contribution in [0, 0.1) is 11.8 Å². The molecule has 0 spiro atoms. The van der Waals surface area contributed by atoms with Crippen molar-refractivity contribution in [2.75, 3.05) is 13.1 Å². The van der Waals surface area contributed by atoms with Gasteiger partial charge in [0.05, 0.1) is 18.7 Å². The topological polar surface area (TPSA) is 75.4 Å². The van der Waals surface area contributed by atoms with Crippen LogP contribution < -0.4 is 5.32 Å². The van der Waals surface area contributed by atoms with Gasteiger partial charge >= 0.3 is 0 Å². The van der Waals surface area contributed by atoms with E-state index in [2.05, 4.69) is 24.1 Å². The molecule has 0 saturated carbocycles. The summed E-state index contributed by atoms with van der Waals surface area (Å²) in [4.78, 5) is 30.3. The second-order valence-corrected chi connectivity index (χ2v) is 6.80. The van der Waals surface area contributed by atoms with Gasteiger partial charge in [0, 0.05) is 25.1 Å². The van der Waals surface area contributed by atoms with Gasteiger partial charge in [0.2, 0.25) is 17.7 Å². The minimum Gasteiger partial charge on any atom is -0.439 e. The van der Waals surface area contributed by atoms with E-state index in [9.17, 15) is 9.59 Å². The van der Waals surface area contributed by atoms with E-state index in [-0.39, 0.29) is 30.7 Å². The summed E-state index contributed by atoms with van der Waals surface area (Å²) in [5, 5.41) is 2.83. The highest BCUT2D eigenvalue weighted by Gasteiger charge is 2.34. The normalized spacial score (nSPS) is 17.3. The first-order valence-electron chi connectivity index (χ1n) is 8.58. The molecule has 6 nitrogen and oxygen atoms in total. The number of likely N-dealkylation sites (tertiary alicyclic amines) is 1. The number of carbonyl (C=O) groups excluding carboxylic acids is 2. The molecule has 25 heavy (non-hydrogen) atoms. The van der Waals surface area contributed by atoms with E-state index < -0.39 is 0 Å². The minimum absolute atomic E-state index is 0.0522. The number of nitrogens with zero attached hydrogens (tertiary/aromatic N) is 2. The van der Waals surface area contributed by atoms with Crippen molar-refractivity contribution in [2.45, 2.75) is 26.8 Å². The molecule has 0 aliphatic carbocycles. The Kier molecular flexibility index (Phi) is 5.16. The summed E-state index contributed by atoms with van der Waals surface area (Å²) in [6.07, 6.45) is 1.93. The van der Waals surface area contributed by atoms with E-state index in [0.29, 0.717) is 30.7 Å². The van der Waals surface area contributed by atoms with Crippen LogP contribution in [0.15, 0.2) is 40.9 Å². The summed E-state index contributed by atoms with van der Waals surface area (Å²) in [6.45, 7) is 5.54. The number of aromatic nitrogens is 1. The lowest BCUT2D eigenvalue weighted by molar-refractivity contribution is -0.129. The van der Waals surface area contributed by atoms with Crippen molar-refractivity contribution in [3.63, 3.8) is 0 Å². The lowest BCUT2D eigenvalue weighted by Gasteiger charge is -2.18. The fourth-order valence-electron chi connectivity index (χ4n) is 3.00. The van der Waals surface area contributed by atoms with Crippen LogP contribution in [0.3, 0.4) is 0 Å². The SMILES string of the molecule is CC(C)CN1C[C@@H](C(=O)NCc2ncc(-c3ccccc3)o2)CC1=O. The van der Waals surface area contributed by atoms with Crippen molar-refractivity contribution in [1.29, 1.82) is 0 Å². The fraction of sp³-hybridized carbons (Fsp3) is 0.421. The van der Waals surface area contributed by atoms with E-state index in [1.807, 2.05) is 30.3 Å². The number of hydrogen-bond donors (Lipinski definition) is 1. The number of hydrogen-bond acceptors (Lipinski definition) is 4. The zero-order valence-electron chi connectivity index (χ0n) is 14.6. The molecule has 0 bridgehead atoms. The maximum Gasteiger partial charge on any atom is 0.225 e. The molecule has 0 unspecified atom stereocenters. The van der Waals surface area contributed by atoms with Crippen LogP contribution in [0.5, 0.6) is 0 Å². The Morgan fingerprint density at radius 1 is 1.36 bits per heavy atom. The Labute approximate surface area is 147 Å². The largest absolute Gasteiger partial charge is 0.439 e. The van der Waals surface area contributed by atoms with Gasteiger partial charge in [0.25, 0.3) is 0 Å². The monoisotopic (exact) mass is 341 g/mol. The van der Waals surface area contributed by atoms with Gasteiger partial charge in [-0.15, -0.1) is 0 Å². The maximum atomic E-state index is 12.3. The average Bonchev–Trinajstić information content (AvgIpc) is 3.20. The molecule has 1 saturated heterocycles. The second-order valence-electron chi connectivity index (χ2n) is 6.80. The molecule has 3 rings (SSSR count). The molecule has 1 aromatic carbocycles. The summed E-state index contributed by atoms with van der Waals surface area (Å²) in [6, 6.07) is 9.68. The van der Waals surface area contributed by atoms with Crippen LogP contribution in [0.25, 0.3) is 11.3 Å². The number of amides is 2. The first-order chi connectivity index (χ1) is 12.0. The lowest BCUT2D eigenvalue weighted by Crippen LogP contribution is -2.33. The third-order valence-corrected chi connectivity index (χ3v) is 4.20. The second kappa shape index (κ2) is 7.51. The van der Waals surface area contributed by atoms with Gasteiger partial charge in [-0.3, -0.25) is 9.59 Å². The quantitative estimate of drug-likeness (QED) is 0.876. The maximum absolute atomic E-state index is 12.3. The van der Waals surface area contributed by atoms with Gasteiger partial charge in [0.15, 0.2) is 5.76 Å². The highest BCUT2D eigenvalue weighted by atomic mass is 16.4. The van der Waals surface area contributed by atoms with E-state index in [1.54, 1.807) is 11.1 Å². The molecule has 1 aliphatic rings. The predicted octanol–water partition coefficient (Wildman–Crippen LogP) is 2.46. The van der Waals surface area contributed by atoms with Gasteiger partial charge in [-0.25, -0.2) is 4.98 Å². The highest BCUT2D eigenvalue weighted by Crippen LogP contribution is 2.21. The van der Waals surface area contributed by atoms with Crippen molar-refractivity contribution < 1.29 is 14.0 Å². The molecular weight excluding hydrogens is 318 g/mol. The van der Waals surface area contributed by atoms with Crippen LogP contribution >= 0.6 is 0 Å². The standard InChI is InChI=1S/C19H23N3O3/c1-13(2)11-22-12-15(8-18(22)23)19(24)21-10-17-20-9-16(25-17)14-6-4-3-5-7-14/h3-7,9,13,15H,8,10-12H2,1-2H3,(H,21,24)/t15-/m0/s1. The lowest BCUT2D eigenvalue weighted by atomic mass is 10.1. The molecule has 1 aromatic heterocycles. The molecule has 1 fully saturated rings. The van der Waals surface area contributed by atoms with Crippen LogP contribution in [0.4, 0.5) is 0 Å². The Hall–Kier alpha value is -2.63. The Morgan fingerprint density at radius 2 is 2.12 bits per heavy atom. The van der Waals surface area contributed by atoms with Crippen LogP contribution in [0.1, 0.15) is 26.2 Å². The Balaban J connectivity index is 1.53. The molecule has 2 amide bonds. The first kappa shape index (κ1) is 17.2. The first-order valence-corrected chi connectivity index (χ1v) is 8.58. The molecule has 2 heterocycles. The van der Waals surface area contributed by atoms with Gasteiger partial charge in [0.1, 0.15) is 0 Å². The van der Waals surface area contributed by atoms with Crippen molar-refractivity contribution in [2.24, 2.45) is 11.8 Å². The Bertz CT molecular complexity index is 739. The third-order valence-electron chi connectivity index (χ3n) is 4.20. The molecule has 132 valence electrons. The molecule has 2 aromatic rings. The summed E-state index contributed by atoms with van der Waals surface area (Å²) in [7, 11) is 0. The minimum atomic E-state index is -0.296. The molecule has 6 heteroatoms. The third kappa shape index (κ3) is 4.26.